The highest BCUT2D eigenvalue weighted by Crippen LogP contribution is 2.27. The summed E-state index contributed by atoms with van der Waals surface area (Å²) < 4.78 is 28.0. The van der Waals surface area contributed by atoms with Crippen LogP contribution in [0.4, 0.5) is 0 Å². The molecule has 1 saturated heterocycles. The number of fused-ring (bicyclic) bond motifs is 1. The van der Waals surface area contributed by atoms with Crippen molar-refractivity contribution in [1.82, 2.24) is 4.90 Å². The number of esters is 1. The number of carbonyl (C=O) groups excluding carboxylic acids is 2. The number of nitrogens with zero attached hydrogens (tertiary/aromatic N) is 1. The van der Waals surface area contributed by atoms with Gasteiger partial charge in [0.05, 0.1) is 17.3 Å². The first-order chi connectivity index (χ1) is 12.3. The Bertz CT molecular complexity index is 806. The Balaban J connectivity index is 1.41. The van der Waals surface area contributed by atoms with E-state index < -0.39 is 15.8 Å². The highest BCUT2D eigenvalue weighted by Gasteiger charge is 2.32. The second-order valence-electron chi connectivity index (χ2n) is 6.79. The summed E-state index contributed by atoms with van der Waals surface area (Å²) in [5.41, 5.74) is 2.74. The van der Waals surface area contributed by atoms with Gasteiger partial charge in [-0.25, -0.2) is 8.42 Å². The lowest BCUT2D eigenvalue weighted by Crippen LogP contribution is -2.40. The summed E-state index contributed by atoms with van der Waals surface area (Å²) in [6, 6.07) is 5.93. The number of aryl methyl sites for hydroxylation is 2. The molecule has 1 aliphatic heterocycles. The fraction of sp³-hybridized carbons (Fsp3) is 0.556. The number of likely N-dealkylation sites (N-methyl/N-ethyl adjacent to an activating group) is 1. The number of rotatable bonds is 6. The number of amides is 1. The van der Waals surface area contributed by atoms with E-state index >= 15 is 0 Å². The maximum Gasteiger partial charge on any atom is 0.316 e. The number of hydrogen-bond donors (Lipinski definition) is 0. The van der Waals surface area contributed by atoms with Crippen LogP contribution in [0.3, 0.4) is 0 Å². The summed E-state index contributed by atoms with van der Waals surface area (Å²) in [6.07, 6.45) is 3.84. The van der Waals surface area contributed by atoms with E-state index in [9.17, 15) is 18.0 Å². The van der Waals surface area contributed by atoms with Crippen molar-refractivity contribution in [3.8, 4) is 0 Å². The molecule has 0 bridgehead atoms. The first-order valence-corrected chi connectivity index (χ1v) is 11.5. The lowest BCUT2D eigenvalue weighted by atomic mass is 10.1. The average molecular weight is 398 g/mol. The maximum atomic E-state index is 12.1. The molecule has 0 aromatic heterocycles. The van der Waals surface area contributed by atoms with Crippen molar-refractivity contribution in [2.75, 3.05) is 30.9 Å². The smallest absolute Gasteiger partial charge is 0.316 e. The fourth-order valence-electron chi connectivity index (χ4n) is 3.35. The second-order valence-corrected chi connectivity index (χ2v) is 10.1. The highest BCUT2D eigenvalue weighted by atomic mass is 32.2. The molecule has 0 N–H and O–H groups in total. The third-order valence-electron chi connectivity index (χ3n) is 4.93. The first kappa shape index (κ1) is 19.2. The molecule has 6 nitrogen and oxygen atoms in total. The van der Waals surface area contributed by atoms with Crippen molar-refractivity contribution in [2.45, 2.75) is 36.6 Å². The van der Waals surface area contributed by atoms with Crippen LogP contribution < -0.4 is 0 Å². The molecule has 1 fully saturated rings. The monoisotopic (exact) mass is 397 g/mol. The molecule has 1 unspecified atom stereocenters. The number of ether oxygens (including phenoxy) is 1. The van der Waals surface area contributed by atoms with Crippen LogP contribution in [-0.4, -0.2) is 62.1 Å². The predicted molar refractivity (Wildman–Crippen MR) is 100.0 cm³/mol. The predicted octanol–water partition coefficient (Wildman–Crippen LogP) is 1.46. The Morgan fingerprint density at radius 2 is 2.04 bits per heavy atom. The second kappa shape index (κ2) is 8.00. The largest absolute Gasteiger partial charge is 0.455 e. The average Bonchev–Trinajstić information content (AvgIpc) is 3.22. The van der Waals surface area contributed by atoms with Gasteiger partial charge in [0.1, 0.15) is 0 Å². The van der Waals surface area contributed by atoms with Crippen LogP contribution in [0.15, 0.2) is 23.1 Å². The molecule has 1 aromatic rings. The van der Waals surface area contributed by atoms with Gasteiger partial charge in [-0.15, -0.1) is 11.8 Å². The van der Waals surface area contributed by atoms with Crippen molar-refractivity contribution in [3.63, 3.8) is 0 Å². The topological polar surface area (TPSA) is 80.8 Å². The molecule has 0 saturated carbocycles. The van der Waals surface area contributed by atoms with Crippen LogP contribution in [0.5, 0.6) is 0 Å². The van der Waals surface area contributed by atoms with E-state index in [0.717, 1.165) is 17.7 Å². The number of hydrogen-bond acceptors (Lipinski definition) is 6. The van der Waals surface area contributed by atoms with Gasteiger partial charge in [-0.1, -0.05) is 6.07 Å². The van der Waals surface area contributed by atoms with E-state index in [1.54, 1.807) is 7.05 Å². The van der Waals surface area contributed by atoms with Crippen LogP contribution in [0.25, 0.3) is 0 Å². The van der Waals surface area contributed by atoms with Gasteiger partial charge < -0.3 is 9.64 Å². The molecular weight excluding hydrogens is 374 g/mol. The van der Waals surface area contributed by atoms with Crippen molar-refractivity contribution >= 4 is 33.5 Å². The molecule has 1 heterocycles. The molecular formula is C18H23NO5S2. The molecule has 26 heavy (non-hydrogen) atoms. The molecule has 2 aliphatic rings. The summed E-state index contributed by atoms with van der Waals surface area (Å²) in [5, 5.41) is 0. The van der Waals surface area contributed by atoms with Gasteiger partial charge in [0, 0.05) is 18.0 Å². The fourth-order valence-corrected chi connectivity index (χ4v) is 5.88. The zero-order valence-corrected chi connectivity index (χ0v) is 16.4. The quantitative estimate of drug-likeness (QED) is 0.534. The lowest BCUT2D eigenvalue weighted by molar-refractivity contribution is -0.150. The van der Waals surface area contributed by atoms with Crippen molar-refractivity contribution in [2.24, 2.45) is 0 Å². The van der Waals surface area contributed by atoms with Crippen molar-refractivity contribution < 1.29 is 22.7 Å². The first-order valence-electron chi connectivity index (χ1n) is 8.70. The minimum absolute atomic E-state index is 0.0165. The van der Waals surface area contributed by atoms with Crippen LogP contribution in [0, 0.1) is 0 Å². The Labute approximate surface area is 158 Å². The molecule has 1 aliphatic carbocycles. The zero-order valence-electron chi connectivity index (χ0n) is 14.8. The Kier molecular flexibility index (Phi) is 5.92. The number of benzene rings is 1. The van der Waals surface area contributed by atoms with Gasteiger partial charge in [-0.3, -0.25) is 9.59 Å². The summed E-state index contributed by atoms with van der Waals surface area (Å²) in [4.78, 5) is 26.4. The molecule has 142 valence electrons. The van der Waals surface area contributed by atoms with Gasteiger partial charge >= 0.3 is 5.97 Å². The number of carbonyl (C=O) groups is 2. The van der Waals surface area contributed by atoms with Crippen LogP contribution in [-0.2, 0) is 37.0 Å². The van der Waals surface area contributed by atoms with E-state index in [2.05, 4.69) is 12.1 Å². The molecule has 1 aromatic carbocycles. The Morgan fingerprint density at radius 1 is 1.27 bits per heavy atom. The van der Waals surface area contributed by atoms with E-state index in [1.165, 1.54) is 34.2 Å². The van der Waals surface area contributed by atoms with Gasteiger partial charge in [-0.2, -0.15) is 0 Å². The lowest BCUT2D eigenvalue weighted by Gasteiger charge is -2.23. The molecule has 8 heteroatoms. The summed E-state index contributed by atoms with van der Waals surface area (Å²) >= 11 is 1.40. The van der Waals surface area contributed by atoms with Gasteiger partial charge in [-0.05, 0) is 48.9 Å². The minimum Gasteiger partial charge on any atom is -0.455 e. The Hall–Kier alpha value is -1.54. The molecule has 0 radical (unpaired) electrons. The summed E-state index contributed by atoms with van der Waals surface area (Å²) in [7, 11) is -1.50. The molecule has 3 rings (SSSR count). The van der Waals surface area contributed by atoms with Crippen molar-refractivity contribution in [1.29, 1.82) is 0 Å². The molecule has 1 atom stereocenters. The zero-order chi connectivity index (χ0) is 18.7. The van der Waals surface area contributed by atoms with Gasteiger partial charge in [0.2, 0.25) is 0 Å². The summed E-state index contributed by atoms with van der Waals surface area (Å²) in [5.74, 6) is -0.587. The number of thioether (sulfide) groups is 1. The van der Waals surface area contributed by atoms with Gasteiger partial charge in [0.25, 0.3) is 5.91 Å². The van der Waals surface area contributed by atoms with E-state index in [1.807, 2.05) is 6.07 Å². The number of sulfone groups is 1. The molecule has 1 amide bonds. The minimum atomic E-state index is -3.05. The molecule has 0 spiro atoms. The summed E-state index contributed by atoms with van der Waals surface area (Å²) in [6.45, 7) is -0.351. The van der Waals surface area contributed by atoms with Crippen LogP contribution in [0.1, 0.15) is 24.0 Å². The highest BCUT2D eigenvalue weighted by molar-refractivity contribution is 8.00. The van der Waals surface area contributed by atoms with Crippen LogP contribution >= 0.6 is 11.8 Å². The van der Waals surface area contributed by atoms with Crippen molar-refractivity contribution in [3.05, 3.63) is 29.3 Å². The van der Waals surface area contributed by atoms with E-state index in [0.29, 0.717) is 6.42 Å². The van der Waals surface area contributed by atoms with E-state index in [4.69, 9.17) is 4.74 Å². The SMILES string of the molecule is CN(C(=O)COC(=O)CSc1ccc2c(c1)CCC2)C1CCS(=O)(=O)C1. The third-order valence-corrected chi connectivity index (χ3v) is 7.65. The normalized spacial score (nSPS) is 20.6. The maximum absolute atomic E-state index is 12.1. The van der Waals surface area contributed by atoms with Crippen LogP contribution in [0.2, 0.25) is 0 Å². The van der Waals surface area contributed by atoms with Gasteiger partial charge in [0.15, 0.2) is 16.4 Å². The third kappa shape index (κ3) is 4.79. The Morgan fingerprint density at radius 3 is 2.77 bits per heavy atom. The van der Waals surface area contributed by atoms with E-state index in [-0.39, 0.29) is 35.8 Å². The standard InChI is InChI=1S/C18H23NO5S2/c1-19(15-7-8-26(22,23)12-15)17(20)10-24-18(21)11-25-16-6-5-13-3-2-4-14(13)9-16/h5-6,9,15H,2-4,7-8,10-12H2,1H3.